The third kappa shape index (κ3) is 3.18. The third-order valence-electron chi connectivity index (χ3n) is 5.82. The number of hydrogen-bond acceptors (Lipinski definition) is 1. The fourth-order valence-electron chi connectivity index (χ4n) is 4.56. The van der Waals surface area contributed by atoms with E-state index in [1.54, 1.807) is 0 Å². The van der Waals surface area contributed by atoms with Crippen LogP contribution in [-0.2, 0) is 6.54 Å². The van der Waals surface area contributed by atoms with Crippen molar-refractivity contribution >= 4 is 0 Å². The second-order valence-corrected chi connectivity index (χ2v) is 7.67. The van der Waals surface area contributed by atoms with Crippen LogP contribution in [0.4, 0.5) is 0 Å². The van der Waals surface area contributed by atoms with Gasteiger partial charge in [0.25, 0.3) is 0 Å². The highest BCUT2D eigenvalue weighted by molar-refractivity contribution is 5.27. The van der Waals surface area contributed by atoms with E-state index in [0.717, 1.165) is 23.1 Å². The van der Waals surface area contributed by atoms with Crippen molar-refractivity contribution in [3.05, 3.63) is 108 Å². The van der Waals surface area contributed by atoms with E-state index in [2.05, 4.69) is 67.7 Å². The van der Waals surface area contributed by atoms with Crippen LogP contribution >= 0.6 is 0 Å². The number of benzene rings is 3. The maximum absolute atomic E-state index is 11.3. The monoisotopic (exact) mass is 344 g/mol. The molecular formula is C24H26NO+. The summed E-state index contributed by atoms with van der Waals surface area (Å²) in [6.07, 6.45) is -0.469. The second kappa shape index (κ2) is 7.06. The minimum Gasteiger partial charge on any atom is -0.382 e. The molecule has 0 aromatic heterocycles. The van der Waals surface area contributed by atoms with Crippen LogP contribution in [0, 0.1) is 0 Å². The van der Waals surface area contributed by atoms with Crippen molar-refractivity contribution in [3.8, 4) is 0 Å². The Labute approximate surface area is 155 Å². The number of rotatable bonds is 5. The molecule has 1 saturated heterocycles. The lowest BCUT2D eigenvalue weighted by Gasteiger charge is -2.56. The van der Waals surface area contributed by atoms with Crippen molar-refractivity contribution in [1.82, 2.24) is 0 Å². The zero-order valence-corrected chi connectivity index (χ0v) is 15.2. The molecule has 1 fully saturated rings. The predicted octanol–water partition coefficient (Wildman–Crippen LogP) is 4.53. The summed E-state index contributed by atoms with van der Waals surface area (Å²) >= 11 is 0. The van der Waals surface area contributed by atoms with Crippen molar-refractivity contribution in [3.63, 3.8) is 0 Å². The summed E-state index contributed by atoms with van der Waals surface area (Å²) in [4.78, 5) is 0. The molecular weight excluding hydrogens is 318 g/mol. The van der Waals surface area contributed by atoms with Gasteiger partial charge in [-0.2, -0.15) is 0 Å². The Hall–Kier alpha value is -2.42. The van der Waals surface area contributed by atoms with E-state index in [-0.39, 0.29) is 6.04 Å². The molecule has 1 aliphatic heterocycles. The Morgan fingerprint density at radius 1 is 0.846 bits per heavy atom. The van der Waals surface area contributed by atoms with Gasteiger partial charge in [-0.05, 0) is 11.1 Å². The van der Waals surface area contributed by atoms with Crippen molar-refractivity contribution in [2.45, 2.75) is 24.6 Å². The van der Waals surface area contributed by atoms with Gasteiger partial charge in [0.1, 0.15) is 18.7 Å². The topological polar surface area (TPSA) is 20.2 Å². The van der Waals surface area contributed by atoms with E-state index in [0.29, 0.717) is 5.92 Å². The van der Waals surface area contributed by atoms with Crippen LogP contribution in [0.1, 0.15) is 28.7 Å². The third-order valence-corrected chi connectivity index (χ3v) is 5.82. The molecule has 0 radical (unpaired) electrons. The average molecular weight is 344 g/mol. The number of nitrogens with zero attached hydrogens (tertiary/aromatic N) is 1. The Balaban J connectivity index is 1.66. The Morgan fingerprint density at radius 3 is 2.00 bits per heavy atom. The number of likely N-dealkylation sites (tertiary alicyclic amines) is 1. The van der Waals surface area contributed by atoms with Crippen LogP contribution in [-0.4, -0.2) is 29.2 Å². The molecule has 3 aromatic carbocycles. The van der Waals surface area contributed by atoms with Crippen LogP contribution in [0.25, 0.3) is 0 Å². The van der Waals surface area contributed by atoms with Gasteiger partial charge in [0.05, 0.1) is 19.5 Å². The summed E-state index contributed by atoms with van der Waals surface area (Å²) in [5, 5.41) is 11.3. The summed E-state index contributed by atoms with van der Waals surface area (Å²) in [7, 11) is 2.28. The summed E-state index contributed by atoms with van der Waals surface area (Å²) in [6.45, 7) is 1.99. The van der Waals surface area contributed by atoms with Gasteiger partial charge >= 0.3 is 0 Å². The molecule has 0 amide bonds. The largest absolute Gasteiger partial charge is 0.382 e. The molecule has 0 unspecified atom stereocenters. The molecule has 2 heteroatoms. The Kier molecular flexibility index (Phi) is 4.62. The van der Waals surface area contributed by atoms with Crippen molar-refractivity contribution < 1.29 is 9.59 Å². The van der Waals surface area contributed by atoms with Gasteiger partial charge in [-0.1, -0.05) is 91.0 Å². The van der Waals surface area contributed by atoms with E-state index in [4.69, 9.17) is 0 Å². The molecule has 4 rings (SSSR count). The van der Waals surface area contributed by atoms with Gasteiger partial charge in [0, 0.05) is 5.56 Å². The van der Waals surface area contributed by atoms with Crippen molar-refractivity contribution in [2.24, 2.45) is 0 Å². The lowest BCUT2D eigenvalue weighted by Crippen LogP contribution is -2.68. The van der Waals surface area contributed by atoms with Crippen molar-refractivity contribution in [2.75, 3.05) is 13.6 Å². The van der Waals surface area contributed by atoms with Gasteiger partial charge in [0.15, 0.2) is 0 Å². The SMILES string of the molecule is C[N@+]1(Cc2ccccc2)C[C@@H](c2ccccc2)[C@@H]1[C@@H](O)c1ccccc1. The molecule has 132 valence electrons. The standard InChI is InChI=1S/C24H26NO/c1-25(17-19-11-5-2-6-12-19)18-22(20-13-7-3-8-14-20)23(25)24(26)21-15-9-4-10-16-21/h2-16,22-24,26H,17-18H2,1H3/q+1/t22-,23+,24-,25-/m0/s1. The van der Waals surface area contributed by atoms with E-state index >= 15 is 0 Å². The number of likely N-dealkylation sites (N-methyl/N-ethyl adjacent to an activating group) is 1. The molecule has 0 saturated carbocycles. The molecule has 26 heavy (non-hydrogen) atoms. The highest BCUT2D eigenvalue weighted by Gasteiger charge is 2.55. The molecule has 1 aliphatic rings. The molecule has 4 atom stereocenters. The quantitative estimate of drug-likeness (QED) is 0.674. The molecule has 1 N–H and O–H groups in total. The zero-order valence-electron chi connectivity index (χ0n) is 15.2. The molecule has 0 spiro atoms. The maximum Gasteiger partial charge on any atom is 0.132 e. The van der Waals surface area contributed by atoms with Crippen LogP contribution in [0.3, 0.4) is 0 Å². The Bertz CT molecular complexity index is 792. The first-order valence-corrected chi connectivity index (χ1v) is 9.33. The van der Waals surface area contributed by atoms with E-state index < -0.39 is 6.10 Å². The normalized spacial score (nSPS) is 26.1. The first-order chi connectivity index (χ1) is 12.7. The van der Waals surface area contributed by atoms with Gasteiger partial charge in [0.2, 0.25) is 0 Å². The maximum atomic E-state index is 11.3. The summed E-state index contributed by atoms with van der Waals surface area (Å²) in [6, 6.07) is 31.5. The Morgan fingerprint density at radius 2 is 1.38 bits per heavy atom. The summed E-state index contributed by atoms with van der Waals surface area (Å²) < 4.78 is 0.861. The van der Waals surface area contributed by atoms with Crippen LogP contribution in [0.2, 0.25) is 0 Å². The highest BCUT2D eigenvalue weighted by Crippen LogP contribution is 2.46. The summed E-state index contributed by atoms with van der Waals surface area (Å²) in [5.41, 5.74) is 3.67. The summed E-state index contributed by atoms with van der Waals surface area (Å²) in [5.74, 6) is 0.375. The van der Waals surface area contributed by atoms with E-state index in [1.807, 2.05) is 30.3 Å². The van der Waals surface area contributed by atoms with E-state index in [9.17, 15) is 5.11 Å². The first-order valence-electron chi connectivity index (χ1n) is 9.33. The van der Waals surface area contributed by atoms with Crippen LogP contribution in [0.15, 0.2) is 91.0 Å². The number of quaternary nitrogens is 1. The van der Waals surface area contributed by atoms with E-state index in [1.165, 1.54) is 11.1 Å². The first kappa shape index (κ1) is 17.0. The van der Waals surface area contributed by atoms with Crippen LogP contribution in [0.5, 0.6) is 0 Å². The average Bonchev–Trinajstić information content (AvgIpc) is 2.68. The van der Waals surface area contributed by atoms with Gasteiger partial charge < -0.3 is 9.59 Å². The molecule has 0 aliphatic carbocycles. The number of aliphatic hydroxyl groups is 1. The number of hydrogen-bond donors (Lipinski definition) is 1. The fraction of sp³-hybridized carbons (Fsp3) is 0.250. The van der Waals surface area contributed by atoms with Gasteiger partial charge in [-0.15, -0.1) is 0 Å². The second-order valence-electron chi connectivity index (χ2n) is 7.67. The van der Waals surface area contributed by atoms with Crippen molar-refractivity contribution in [1.29, 1.82) is 0 Å². The minimum atomic E-state index is -0.469. The lowest BCUT2D eigenvalue weighted by atomic mass is 9.75. The zero-order chi connectivity index (χ0) is 18.0. The molecule has 3 aromatic rings. The molecule has 2 nitrogen and oxygen atoms in total. The minimum absolute atomic E-state index is 0.153. The van der Waals surface area contributed by atoms with Gasteiger partial charge in [-0.25, -0.2) is 0 Å². The van der Waals surface area contributed by atoms with Gasteiger partial charge in [-0.3, -0.25) is 0 Å². The highest BCUT2D eigenvalue weighted by atomic mass is 16.3. The molecule has 1 heterocycles. The predicted molar refractivity (Wildman–Crippen MR) is 106 cm³/mol. The smallest absolute Gasteiger partial charge is 0.132 e. The van der Waals surface area contributed by atoms with Crippen LogP contribution < -0.4 is 0 Å². The number of aliphatic hydroxyl groups excluding tert-OH is 1. The fourth-order valence-corrected chi connectivity index (χ4v) is 4.56. The lowest BCUT2D eigenvalue weighted by molar-refractivity contribution is -0.993. The molecule has 0 bridgehead atoms.